The van der Waals surface area contributed by atoms with E-state index in [1.165, 1.54) is 0 Å². The minimum absolute atomic E-state index is 0.212. The molecule has 16 heavy (non-hydrogen) atoms. The van der Waals surface area contributed by atoms with Crippen LogP contribution in [-0.4, -0.2) is 18.8 Å². The van der Waals surface area contributed by atoms with Gasteiger partial charge in [0, 0.05) is 4.47 Å². The molecule has 1 heterocycles. The molecule has 0 aromatic heterocycles. The lowest BCUT2D eigenvalue weighted by atomic mass is 10.2. The molecule has 0 spiro atoms. The number of halogens is 2. The minimum Gasteiger partial charge on any atom is -0.490 e. The van der Waals surface area contributed by atoms with E-state index in [9.17, 15) is 0 Å². The Kier molecular flexibility index (Phi) is 4.05. The lowest BCUT2D eigenvalue weighted by molar-refractivity contribution is 0.259. The van der Waals surface area contributed by atoms with Crippen molar-refractivity contribution in [2.45, 2.75) is 18.6 Å². The summed E-state index contributed by atoms with van der Waals surface area (Å²) in [6, 6.07) is 5.86. The van der Waals surface area contributed by atoms with E-state index in [2.05, 4.69) is 38.4 Å². The van der Waals surface area contributed by atoms with E-state index in [1.807, 2.05) is 24.3 Å². The molecule has 1 saturated heterocycles. The molecule has 1 fully saturated rings. The van der Waals surface area contributed by atoms with Gasteiger partial charge in [-0.25, -0.2) is 0 Å². The largest absolute Gasteiger partial charge is 0.490 e. The predicted octanol–water partition coefficient (Wildman–Crippen LogP) is 3.93. The molecule has 0 aliphatic carbocycles. The smallest absolute Gasteiger partial charge is 0.134 e. The van der Waals surface area contributed by atoms with Crippen molar-refractivity contribution in [1.82, 2.24) is 0 Å². The molecule has 0 amide bonds. The number of hydrogen-bond acceptors (Lipinski definition) is 2. The molecule has 2 rings (SSSR count). The fourth-order valence-electron chi connectivity index (χ4n) is 1.46. The van der Waals surface area contributed by atoms with Crippen LogP contribution in [0.3, 0.4) is 0 Å². The molecule has 4 heteroatoms. The van der Waals surface area contributed by atoms with Crippen LogP contribution in [0.4, 0.5) is 0 Å². The molecule has 2 unspecified atom stereocenters. The van der Waals surface area contributed by atoms with Crippen molar-refractivity contribution in [3.8, 4) is 5.75 Å². The highest BCUT2D eigenvalue weighted by atomic mass is 79.9. The third kappa shape index (κ3) is 3.09. The van der Waals surface area contributed by atoms with E-state index in [4.69, 9.17) is 9.47 Å². The van der Waals surface area contributed by atoms with Crippen LogP contribution in [-0.2, 0) is 4.74 Å². The third-order valence-corrected chi connectivity index (χ3v) is 3.53. The van der Waals surface area contributed by atoms with Crippen LogP contribution in [0.1, 0.15) is 6.42 Å². The van der Waals surface area contributed by atoms with E-state index in [1.54, 1.807) is 0 Å². The monoisotopic (exact) mass is 346 g/mol. The maximum atomic E-state index is 5.68. The molecule has 0 N–H and O–H groups in total. The first-order valence-electron chi connectivity index (χ1n) is 5.05. The summed E-state index contributed by atoms with van der Waals surface area (Å²) >= 11 is 6.85. The Hall–Kier alpha value is -0.320. The molecular weight excluding hydrogens is 336 g/mol. The number of benzene rings is 1. The number of epoxide rings is 1. The highest BCUT2D eigenvalue weighted by Crippen LogP contribution is 2.31. The van der Waals surface area contributed by atoms with Gasteiger partial charge in [-0.15, -0.1) is 6.58 Å². The summed E-state index contributed by atoms with van der Waals surface area (Å²) in [6.07, 6.45) is 3.28. The first-order valence-corrected chi connectivity index (χ1v) is 6.63. The van der Waals surface area contributed by atoms with Crippen LogP contribution in [0.2, 0.25) is 0 Å². The number of hydrogen-bond donors (Lipinski definition) is 0. The molecule has 86 valence electrons. The average Bonchev–Trinajstić information content (AvgIpc) is 2.99. The maximum absolute atomic E-state index is 5.68. The molecule has 0 saturated carbocycles. The SMILES string of the molecule is C=CCC1OC1COc1cc(Br)ccc1Br. The first kappa shape index (κ1) is 12.1. The normalized spacial score (nSPS) is 22.9. The Balaban J connectivity index is 1.86. The maximum Gasteiger partial charge on any atom is 0.134 e. The highest BCUT2D eigenvalue weighted by molar-refractivity contribution is 9.11. The van der Waals surface area contributed by atoms with Crippen LogP contribution in [0.25, 0.3) is 0 Å². The Morgan fingerprint density at radius 3 is 2.94 bits per heavy atom. The van der Waals surface area contributed by atoms with Crippen LogP contribution in [0.5, 0.6) is 5.75 Å². The molecule has 2 nitrogen and oxygen atoms in total. The molecule has 1 aromatic carbocycles. The Morgan fingerprint density at radius 2 is 2.19 bits per heavy atom. The summed E-state index contributed by atoms with van der Waals surface area (Å²) in [4.78, 5) is 0. The summed E-state index contributed by atoms with van der Waals surface area (Å²) in [5, 5.41) is 0. The summed E-state index contributed by atoms with van der Waals surface area (Å²) < 4.78 is 13.1. The van der Waals surface area contributed by atoms with Crippen molar-refractivity contribution in [3.05, 3.63) is 39.8 Å². The Labute approximate surface area is 112 Å². The van der Waals surface area contributed by atoms with Crippen molar-refractivity contribution in [2.24, 2.45) is 0 Å². The van der Waals surface area contributed by atoms with Gasteiger partial charge in [-0.3, -0.25) is 0 Å². The van der Waals surface area contributed by atoms with Crippen LogP contribution < -0.4 is 4.74 Å². The highest BCUT2D eigenvalue weighted by Gasteiger charge is 2.38. The van der Waals surface area contributed by atoms with Crippen molar-refractivity contribution in [3.63, 3.8) is 0 Å². The molecule has 2 atom stereocenters. The second-order valence-electron chi connectivity index (χ2n) is 3.62. The van der Waals surface area contributed by atoms with Crippen molar-refractivity contribution in [1.29, 1.82) is 0 Å². The zero-order chi connectivity index (χ0) is 11.5. The van der Waals surface area contributed by atoms with Gasteiger partial charge in [-0.05, 0) is 40.5 Å². The van der Waals surface area contributed by atoms with E-state index >= 15 is 0 Å². The molecule has 0 radical (unpaired) electrons. The van der Waals surface area contributed by atoms with Gasteiger partial charge in [0.05, 0.1) is 10.6 Å². The summed E-state index contributed by atoms with van der Waals surface area (Å²) in [6.45, 7) is 4.28. The van der Waals surface area contributed by atoms with Gasteiger partial charge in [0.15, 0.2) is 0 Å². The van der Waals surface area contributed by atoms with Crippen molar-refractivity contribution < 1.29 is 9.47 Å². The van der Waals surface area contributed by atoms with E-state index in [-0.39, 0.29) is 6.10 Å². The second kappa shape index (κ2) is 5.34. The summed E-state index contributed by atoms with van der Waals surface area (Å²) in [5.41, 5.74) is 0. The van der Waals surface area contributed by atoms with E-state index < -0.39 is 0 Å². The number of ether oxygens (including phenoxy) is 2. The zero-order valence-corrected chi connectivity index (χ0v) is 11.8. The third-order valence-electron chi connectivity index (χ3n) is 2.38. The molecular formula is C12H12Br2O2. The Morgan fingerprint density at radius 1 is 1.38 bits per heavy atom. The summed E-state index contributed by atoms with van der Waals surface area (Å²) in [5.74, 6) is 0.835. The average molecular weight is 348 g/mol. The van der Waals surface area contributed by atoms with Crippen molar-refractivity contribution >= 4 is 31.9 Å². The predicted molar refractivity (Wildman–Crippen MR) is 70.8 cm³/mol. The van der Waals surface area contributed by atoms with Gasteiger partial charge in [0.2, 0.25) is 0 Å². The second-order valence-corrected chi connectivity index (χ2v) is 5.39. The van der Waals surface area contributed by atoms with E-state index in [0.29, 0.717) is 12.7 Å². The molecule has 1 aliphatic heterocycles. The topological polar surface area (TPSA) is 21.8 Å². The summed E-state index contributed by atoms with van der Waals surface area (Å²) in [7, 11) is 0. The lowest BCUT2D eigenvalue weighted by Gasteiger charge is -2.06. The van der Waals surface area contributed by atoms with Crippen LogP contribution in [0.15, 0.2) is 39.8 Å². The van der Waals surface area contributed by atoms with E-state index in [0.717, 1.165) is 21.1 Å². The van der Waals surface area contributed by atoms with Gasteiger partial charge in [0.25, 0.3) is 0 Å². The zero-order valence-electron chi connectivity index (χ0n) is 8.66. The van der Waals surface area contributed by atoms with Gasteiger partial charge in [-0.2, -0.15) is 0 Å². The Bertz CT molecular complexity index is 393. The first-order chi connectivity index (χ1) is 7.70. The molecule has 1 aromatic rings. The molecule has 1 aliphatic rings. The lowest BCUT2D eigenvalue weighted by Crippen LogP contribution is -2.07. The van der Waals surface area contributed by atoms with Crippen LogP contribution >= 0.6 is 31.9 Å². The van der Waals surface area contributed by atoms with Gasteiger partial charge in [0.1, 0.15) is 18.5 Å². The quantitative estimate of drug-likeness (QED) is 0.594. The fraction of sp³-hybridized carbons (Fsp3) is 0.333. The van der Waals surface area contributed by atoms with Crippen LogP contribution in [0, 0.1) is 0 Å². The number of rotatable bonds is 5. The van der Waals surface area contributed by atoms with Gasteiger partial charge < -0.3 is 9.47 Å². The van der Waals surface area contributed by atoms with Crippen molar-refractivity contribution in [2.75, 3.05) is 6.61 Å². The minimum atomic E-state index is 0.212. The fourth-order valence-corrected chi connectivity index (χ4v) is 2.16. The molecule has 0 bridgehead atoms. The standard InChI is InChI=1S/C12H12Br2O2/c1-2-3-10-12(16-10)7-15-11-6-8(13)4-5-9(11)14/h2,4-6,10,12H,1,3,7H2. The van der Waals surface area contributed by atoms with Gasteiger partial charge in [-0.1, -0.05) is 22.0 Å². The van der Waals surface area contributed by atoms with Gasteiger partial charge >= 0.3 is 0 Å².